The van der Waals surface area contributed by atoms with Crippen LogP contribution in [-0.2, 0) is 19.1 Å². The summed E-state index contributed by atoms with van der Waals surface area (Å²) in [4.78, 5) is 21.7. The molecule has 0 aromatic rings. The second-order valence-electron chi connectivity index (χ2n) is 3.05. The molecule has 0 saturated carbocycles. The van der Waals surface area contributed by atoms with Crippen molar-refractivity contribution in [1.29, 1.82) is 0 Å². The summed E-state index contributed by atoms with van der Waals surface area (Å²) in [5.74, 6) is -3.31. The molecule has 0 fully saturated rings. The van der Waals surface area contributed by atoms with Crippen molar-refractivity contribution in [3.63, 3.8) is 0 Å². The number of carbonyl (C=O) groups excluding carboxylic acids is 2. The van der Waals surface area contributed by atoms with Gasteiger partial charge < -0.3 is 9.47 Å². The fourth-order valence-corrected chi connectivity index (χ4v) is 0.702. The van der Waals surface area contributed by atoms with Gasteiger partial charge in [0.2, 0.25) is 0 Å². The zero-order chi connectivity index (χ0) is 15.2. The van der Waals surface area contributed by atoms with Crippen molar-refractivity contribution in [2.24, 2.45) is 0 Å². The van der Waals surface area contributed by atoms with Crippen molar-refractivity contribution < 1.29 is 45.4 Å². The van der Waals surface area contributed by atoms with Crippen LogP contribution in [-0.4, -0.2) is 37.5 Å². The van der Waals surface area contributed by atoms with Gasteiger partial charge in [0.25, 0.3) is 0 Å². The molecule has 0 heterocycles. The number of rotatable bonds is 7. The van der Waals surface area contributed by atoms with E-state index in [-0.39, 0.29) is 0 Å². The largest absolute Gasteiger partial charge is 0.424 e. The highest BCUT2D eigenvalue weighted by atomic mass is 19.3. The highest BCUT2D eigenvalue weighted by molar-refractivity contribution is 5.93. The van der Waals surface area contributed by atoms with E-state index in [2.05, 4.69) is 16.1 Å². The van der Waals surface area contributed by atoms with E-state index in [9.17, 15) is 35.9 Å². The Morgan fingerprint density at radius 3 is 1.74 bits per heavy atom. The van der Waals surface area contributed by atoms with Gasteiger partial charge in [0.05, 0.1) is 6.42 Å². The van der Waals surface area contributed by atoms with Gasteiger partial charge >= 0.3 is 37.5 Å². The highest BCUT2D eigenvalue weighted by Gasteiger charge is 2.27. The number of esters is 2. The summed E-state index contributed by atoms with van der Waals surface area (Å²) >= 11 is 0. The Kier molecular flexibility index (Phi) is 6.94. The smallest absolute Gasteiger partial charge is 0.336 e. The van der Waals surface area contributed by atoms with E-state index in [4.69, 9.17) is 0 Å². The van der Waals surface area contributed by atoms with Crippen LogP contribution in [0.15, 0.2) is 12.2 Å². The minimum absolute atomic E-state index is 0.852. The van der Waals surface area contributed by atoms with Gasteiger partial charge in [-0.2, -0.15) is 8.78 Å². The van der Waals surface area contributed by atoms with Crippen molar-refractivity contribution in [3.05, 3.63) is 12.2 Å². The standard InChI is InChI=1S/C9H8F6O4/c1-3(9(17)19-8(15)6(12)13)2-4(16)18-7(14)5(10)11/h5-8H,1-2H2. The van der Waals surface area contributed by atoms with Gasteiger partial charge in [-0.3, -0.25) is 4.79 Å². The lowest BCUT2D eigenvalue weighted by Crippen LogP contribution is -2.24. The lowest BCUT2D eigenvalue weighted by molar-refractivity contribution is -0.176. The molecule has 0 N–H and O–H groups in total. The Balaban J connectivity index is 4.23. The molecule has 4 nitrogen and oxygen atoms in total. The van der Waals surface area contributed by atoms with Gasteiger partial charge in [0.15, 0.2) is 0 Å². The van der Waals surface area contributed by atoms with E-state index in [0.29, 0.717) is 0 Å². The highest BCUT2D eigenvalue weighted by Crippen LogP contribution is 2.13. The first-order valence-electron chi connectivity index (χ1n) is 4.57. The molecule has 2 unspecified atom stereocenters. The molecule has 0 spiro atoms. The predicted octanol–water partition coefficient (Wildman–Crippen LogP) is 2.14. The summed E-state index contributed by atoms with van der Waals surface area (Å²) in [6, 6.07) is 0. The van der Waals surface area contributed by atoms with Crippen molar-refractivity contribution in [3.8, 4) is 0 Å². The number of alkyl halides is 6. The van der Waals surface area contributed by atoms with Gasteiger partial charge in [-0.05, 0) is 0 Å². The summed E-state index contributed by atoms with van der Waals surface area (Å²) in [5.41, 5.74) is -0.852. The van der Waals surface area contributed by atoms with E-state index in [1.807, 2.05) is 0 Å². The number of hydrogen-bond acceptors (Lipinski definition) is 4. The number of carbonyl (C=O) groups is 2. The average molecular weight is 294 g/mol. The summed E-state index contributed by atoms with van der Waals surface area (Å²) in [5, 5.41) is 0. The molecule has 0 amide bonds. The Bertz CT molecular complexity index is 346. The quantitative estimate of drug-likeness (QED) is 0.410. The normalized spacial score (nSPS) is 14.1. The fraction of sp³-hybridized carbons (Fsp3) is 0.556. The first-order valence-corrected chi connectivity index (χ1v) is 4.57. The van der Waals surface area contributed by atoms with Gasteiger partial charge in [-0.15, -0.1) is 0 Å². The first-order chi connectivity index (χ1) is 8.65. The molecule has 0 aliphatic carbocycles. The van der Waals surface area contributed by atoms with Crippen LogP contribution in [0.3, 0.4) is 0 Å². The van der Waals surface area contributed by atoms with Crippen LogP contribution < -0.4 is 0 Å². The van der Waals surface area contributed by atoms with E-state index >= 15 is 0 Å². The second kappa shape index (κ2) is 7.64. The van der Waals surface area contributed by atoms with Crippen LogP contribution in [0, 0.1) is 0 Å². The summed E-state index contributed by atoms with van der Waals surface area (Å²) in [6.45, 7) is 2.86. The van der Waals surface area contributed by atoms with Crippen LogP contribution in [0.25, 0.3) is 0 Å². The monoisotopic (exact) mass is 294 g/mol. The minimum atomic E-state index is -3.60. The van der Waals surface area contributed by atoms with E-state index in [0.717, 1.165) is 0 Å². The molecular weight excluding hydrogens is 286 g/mol. The molecule has 2 atom stereocenters. The second-order valence-corrected chi connectivity index (χ2v) is 3.05. The Labute approximate surface area is 103 Å². The SMILES string of the molecule is C=C(CC(=O)OC(F)C(F)F)C(=O)OC(F)C(F)F. The molecule has 0 aliphatic rings. The molecule has 10 heteroatoms. The fourth-order valence-electron chi connectivity index (χ4n) is 0.702. The minimum Gasteiger partial charge on any atom is -0.424 e. The summed E-state index contributed by atoms with van der Waals surface area (Å²) in [6.07, 6.45) is -14.7. The third-order valence-electron chi connectivity index (χ3n) is 1.51. The molecule has 0 saturated heterocycles. The molecule has 0 rings (SSSR count). The number of ether oxygens (including phenoxy) is 2. The summed E-state index contributed by atoms with van der Waals surface area (Å²) < 4.78 is 78.2. The lowest BCUT2D eigenvalue weighted by atomic mass is 10.2. The number of hydrogen-bond donors (Lipinski definition) is 0. The van der Waals surface area contributed by atoms with Crippen LogP contribution in [0.5, 0.6) is 0 Å². The molecule has 0 aromatic heterocycles. The van der Waals surface area contributed by atoms with Crippen molar-refractivity contribution in [2.75, 3.05) is 0 Å². The van der Waals surface area contributed by atoms with Crippen LogP contribution in [0.1, 0.15) is 6.42 Å². The Hall–Kier alpha value is -1.74. The van der Waals surface area contributed by atoms with E-state index in [1.54, 1.807) is 0 Å². The van der Waals surface area contributed by atoms with Crippen LogP contribution >= 0.6 is 0 Å². The van der Waals surface area contributed by atoms with E-state index in [1.165, 1.54) is 0 Å². The van der Waals surface area contributed by atoms with Crippen LogP contribution in [0.4, 0.5) is 26.3 Å². The molecule has 0 aliphatic heterocycles. The zero-order valence-electron chi connectivity index (χ0n) is 9.12. The van der Waals surface area contributed by atoms with Gasteiger partial charge in [0.1, 0.15) is 0 Å². The topological polar surface area (TPSA) is 52.6 Å². The maximum Gasteiger partial charge on any atom is 0.336 e. The maximum atomic E-state index is 12.3. The van der Waals surface area contributed by atoms with Crippen molar-refractivity contribution in [1.82, 2.24) is 0 Å². The van der Waals surface area contributed by atoms with Crippen LogP contribution in [0.2, 0.25) is 0 Å². The third-order valence-corrected chi connectivity index (χ3v) is 1.51. The molecule has 19 heavy (non-hydrogen) atoms. The molecule has 110 valence electrons. The lowest BCUT2D eigenvalue weighted by Gasteiger charge is -2.11. The van der Waals surface area contributed by atoms with Crippen molar-refractivity contribution >= 4 is 11.9 Å². The molecule has 0 radical (unpaired) electrons. The zero-order valence-corrected chi connectivity index (χ0v) is 9.12. The maximum absolute atomic E-state index is 12.3. The van der Waals surface area contributed by atoms with Gasteiger partial charge in [-0.1, -0.05) is 6.58 Å². The Morgan fingerprint density at radius 1 is 0.895 bits per heavy atom. The first kappa shape index (κ1) is 17.3. The Morgan fingerprint density at radius 2 is 1.32 bits per heavy atom. The predicted molar refractivity (Wildman–Crippen MR) is 47.7 cm³/mol. The molecular formula is C9H8F6O4. The van der Waals surface area contributed by atoms with Crippen molar-refractivity contribution in [2.45, 2.75) is 32.0 Å². The van der Waals surface area contributed by atoms with E-state index < -0.39 is 49.5 Å². The molecule has 0 aromatic carbocycles. The average Bonchev–Trinajstić information content (AvgIpc) is 2.27. The summed E-state index contributed by atoms with van der Waals surface area (Å²) in [7, 11) is 0. The molecule has 0 bridgehead atoms. The van der Waals surface area contributed by atoms with Gasteiger partial charge in [-0.25, -0.2) is 22.4 Å². The van der Waals surface area contributed by atoms with Gasteiger partial charge in [0, 0.05) is 5.57 Å². The third kappa shape index (κ3) is 6.67. The number of halogens is 6.